The lowest BCUT2D eigenvalue weighted by molar-refractivity contribution is 0.120. The maximum atomic E-state index is 9.91. The first-order valence-electron chi connectivity index (χ1n) is 8.04. The summed E-state index contributed by atoms with van der Waals surface area (Å²) in [7, 11) is 0. The molecule has 114 valence electrons. The van der Waals surface area contributed by atoms with Crippen molar-refractivity contribution in [1.82, 2.24) is 10.1 Å². The Labute approximate surface area is 122 Å². The summed E-state index contributed by atoms with van der Waals surface area (Å²) >= 11 is 0. The maximum absolute atomic E-state index is 9.91. The highest BCUT2D eigenvalue weighted by atomic mass is 16.5. The molecule has 4 heteroatoms. The lowest BCUT2D eigenvalue weighted by atomic mass is 9.80. The molecule has 0 saturated heterocycles. The van der Waals surface area contributed by atoms with Crippen molar-refractivity contribution in [3.8, 4) is 0 Å². The average molecular weight is 280 g/mol. The van der Waals surface area contributed by atoms with Crippen molar-refractivity contribution in [2.24, 2.45) is 11.8 Å². The van der Waals surface area contributed by atoms with Gasteiger partial charge < -0.3 is 9.63 Å². The molecule has 0 aliphatic heterocycles. The fourth-order valence-electron chi connectivity index (χ4n) is 3.49. The topological polar surface area (TPSA) is 59.2 Å². The van der Waals surface area contributed by atoms with Gasteiger partial charge in [0.25, 0.3) is 0 Å². The summed E-state index contributed by atoms with van der Waals surface area (Å²) in [6.07, 6.45) is 5.71. The molecular weight excluding hydrogens is 252 g/mol. The Bertz CT molecular complexity index is 406. The van der Waals surface area contributed by atoms with Crippen LogP contribution in [0.3, 0.4) is 0 Å². The molecule has 0 amide bonds. The molecule has 1 heterocycles. The van der Waals surface area contributed by atoms with Crippen molar-refractivity contribution in [3.63, 3.8) is 0 Å². The molecule has 0 radical (unpaired) electrons. The second-order valence-electron chi connectivity index (χ2n) is 6.64. The van der Waals surface area contributed by atoms with Crippen LogP contribution in [0, 0.1) is 11.8 Å². The highest BCUT2D eigenvalue weighted by Gasteiger charge is 2.30. The van der Waals surface area contributed by atoms with Gasteiger partial charge in [-0.1, -0.05) is 45.2 Å². The quantitative estimate of drug-likeness (QED) is 0.889. The minimum atomic E-state index is -0.460. The monoisotopic (exact) mass is 280 g/mol. The number of rotatable bonds is 5. The zero-order valence-electron chi connectivity index (χ0n) is 13.2. The second-order valence-corrected chi connectivity index (χ2v) is 6.64. The van der Waals surface area contributed by atoms with E-state index >= 15 is 0 Å². The zero-order valence-corrected chi connectivity index (χ0v) is 13.2. The summed E-state index contributed by atoms with van der Waals surface area (Å²) in [5, 5.41) is 14.1. The van der Waals surface area contributed by atoms with Crippen LogP contribution in [0.4, 0.5) is 0 Å². The van der Waals surface area contributed by atoms with E-state index in [0.29, 0.717) is 11.8 Å². The first-order chi connectivity index (χ1) is 9.52. The Morgan fingerprint density at radius 1 is 1.30 bits per heavy atom. The summed E-state index contributed by atoms with van der Waals surface area (Å²) in [4.78, 5) is 4.61. The molecule has 1 fully saturated rings. The van der Waals surface area contributed by atoms with Gasteiger partial charge in [-0.05, 0) is 31.6 Å². The van der Waals surface area contributed by atoms with E-state index in [2.05, 4.69) is 30.9 Å². The van der Waals surface area contributed by atoms with Crippen LogP contribution in [-0.2, 0) is 0 Å². The number of aliphatic hydroxyl groups excluding tert-OH is 1. The molecule has 4 nitrogen and oxygen atoms in total. The van der Waals surface area contributed by atoms with Gasteiger partial charge in [-0.3, -0.25) is 0 Å². The minimum Gasteiger partial charge on any atom is -0.393 e. The third kappa shape index (κ3) is 3.40. The molecule has 1 saturated carbocycles. The third-order valence-electron chi connectivity index (χ3n) is 4.71. The Kier molecular flexibility index (Phi) is 5.19. The lowest BCUT2D eigenvalue weighted by Gasteiger charge is -2.26. The van der Waals surface area contributed by atoms with Crippen LogP contribution < -0.4 is 0 Å². The molecule has 4 atom stereocenters. The summed E-state index contributed by atoms with van der Waals surface area (Å²) < 4.78 is 5.45. The fraction of sp³-hybridized carbons (Fsp3) is 0.875. The van der Waals surface area contributed by atoms with Crippen LogP contribution in [0.25, 0.3) is 0 Å². The summed E-state index contributed by atoms with van der Waals surface area (Å²) in [5.74, 6) is 2.91. The SMILES string of the molecule is CCC1CCCC(c2noc(C(C(C)C)C(C)O)n2)C1. The molecule has 0 spiro atoms. The largest absolute Gasteiger partial charge is 0.393 e. The van der Waals surface area contributed by atoms with Gasteiger partial charge in [-0.15, -0.1) is 0 Å². The predicted molar refractivity (Wildman–Crippen MR) is 78.5 cm³/mol. The van der Waals surface area contributed by atoms with Crippen LogP contribution in [0.5, 0.6) is 0 Å². The van der Waals surface area contributed by atoms with Crippen molar-refractivity contribution < 1.29 is 9.63 Å². The van der Waals surface area contributed by atoms with E-state index < -0.39 is 6.10 Å². The van der Waals surface area contributed by atoms with Crippen molar-refractivity contribution in [2.75, 3.05) is 0 Å². The van der Waals surface area contributed by atoms with E-state index in [9.17, 15) is 5.11 Å². The summed E-state index contributed by atoms with van der Waals surface area (Å²) in [6.45, 7) is 8.21. The minimum absolute atomic E-state index is 0.0678. The first-order valence-corrected chi connectivity index (χ1v) is 8.04. The van der Waals surface area contributed by atoms with Crippen molar-refractivity contribution in [2.45, 2.75) is 77.7 Å². The molecule has 4 unspecified atom stereocenters. The van der Waals surface area contributed by atoms with Crippen molar-refractivity contribution >= 4 is 0 Å². The van der Waals surface area contributed by atoms with Crippen molar-refractivity contribution in [3.05, 3.63) is 11.7 Å². The van der Waals surface area contributed by atoms with Crippen LogP contribution in [0.15, 0.2) is 4.52 Å². The van der Waals surface area contributed by atoms with Crippen LogP contribution in [-0.4, -0.2) is 21.4 Å². The number of aliphatic hydroxyl groups is 1. The Morgan fingerprint density at radius 3 is 2.65 bits per heavy atom. The molecular formula is C16H28N2O2. The Balaban J connectivity index is 2.11. The number of nitrogens with zero attached hydrogens (tertiary/aromatic N) is 2. The van der Waals surface area contributed by atoms with Gasteiger partial charge in [0.05, 0.1) is 12.0 Å². The smallest absolute Gasteiger partial charge is 0.232 e. The van der Waals surface area contributed by atoms with Crippen LogP contribution in [0.2, 0.25) is 0 Å². The molecule has 1 aromatic rings. The molecule has 0 aromatic carbocycles. The zero-order chi connectivity index (χ0) is 14.7. The first kappa shape index (κ1) is 15.5. The van der Waals surface area contributed by atoms with E-state index in [1.807, 2.05) is 0 Å². The summed E-state index contributed by atoms with van der Waals surface area (Å²) in [6, 6.07) is 0. The predicted octanol–water partition coefficient (Wildman–Crippen LogP) is 3.87. The molecule has 2 rings (SSSR count). The molecule has 1 N–H and O–H groups in total. The van der Waals surface area contributed by atoms with Gasteiger partial charge in [0.2, 0.25) is 5.89 Å². The molecule has 20 heavy (non-hydrogen) atoms. The van der Waals surface area contributed by atoms with Gasteiger partial charge in [0, 0.05) is 5.92 Å². The maximum Gasteiger partial charge on any atom is 0.232 e. The summed E-state index contributed by atoms with van der Waals surface area (Å²) in [5.41, 5.74) is 0. The standard InChI is InChI=1S/C16H28N2O2/c1-5-12-7-6-8-13(9-12)15-17-16(20-18-15)14(10(2)3)11(4)19/h10-14,19H,5-9H2,1-4H3. The second kappa shape index (κ2) is 6.70. The molecule has 1 aliphatic carbocycles. The van der Waals surface area contributed by atoms with E-state index in [1.54, 1.807) is 6.92 Å². The van der Waals surface area contributed by atoms with E-state index in [-0.39, 0.29) is 11.8 Å². The van der Waals surface area contributed by atoms with Gasteiger partial charge >= 0.3 is 0 Å². The molecule has 1 aliphatic rings. The van der Waals surface area contributed by atoms with Gasteiger partial charge in [-0.25, -0.2) is 0 Å². The highest BCUT2D eigenvalue weighted by molar-refractivity contribution is 5.03. The van der Waals surface area contributed by atoms with E-state index in [0.717, 1.165) is 18.2 Å². The molecule has 0 bridgehead atoms. The van der Waals surface area contributed by atoms with Gasteiger partial charge in [0.1, 0.15) is 0 Å². The van der Waals surface area contributed by atoms with Crippen LogP contribution in [0.1, 0.15) is 83.3 Å². The normalized spacial score (nSPS) is 26.7. The Morgan fingerprint density at radius 2 is 2.05 bits per heavy atom. The third-order valence-corrected chi connectivity index (χ3v) is 4.71. The number of hydrogen-bond donors (Lipinski definition) is 1. The van der Waals surface area contributed by atoms with Crippen LogP contribution >= 0.6 is 0 Å². The van der Waals surface area contributed by atoms with Gasteiger partial charge in [0.15, 0.2) is 5.82 Å². The average Bonchev–Trinajstić information content (AvgIpc) is 2.87. The van der Waals surface area contributed by atoms with Gasteiger partial charge in [-0.2, -0.15) is 4.98 Å². The lowest BCUT2D eigenvalue weighted by Crippen LogP contribution is -2.20. The van der Waals surface area contributed by atoms with E-state index in [4.69, 9.17) is 4.52 Å². The van der Waals surface area contributed by atoms with Crippen molar-refractivity contribution in [1.29, 1.82) is 0 Å². The molecule has 1 aromatic heterocycles. The number of aromatic nitrogens is 2. The highest BCUT2D eigenvalue weighted by Crippen LogP contribution is 2.37. The fourth-order valence-corrected chi connectivity index (χ4v) is 3.49. The number of hydrogen-bond acceptors (Lipinski definition) is 4. The Hall–Kier alpha value is -0.900. The van der Waals surface area contributed by atoms with E-state index in [1.165, 1.54) is 25.7 Å².